The summed E-state index contributed by atoms with van der Waals surface area (Å²) in [5, 5.41) is 15.3. The number of anilines is 1. The van der Waals surface area contributed by atoms with Crippen LogP contribution in [0.2, 0.25) is 0 Å². The number of carbonyl (C=O) groups is 1. The Kier molecular flexibility index (Phi) is 7.02. The molecule has 0 saturated carbocycles. The van der Waals surface area contributed by atoms with Crippen molar-refractivity contribution in [3.8, 4) is 5.69 Å². The smallest absolute Gasteiger partial charge is 0.275 e. The van der Waals surface area contributed by atoms with Crippen LogP contribution in [0.5, 0.6) is 0 Å². The monoisotopic (exact) mass is 497 g/mol. The lowest BCUT2D eigenvalue weighted by atomic mass is 10.1. The number of nitrogens with one attached hydrogen (secondary N) is 1. The molecule has 0 aliphatic heterocycles. The van der Waals surface area contributed by atoms with Gasteiger partial charge in [0.2, 0.25) is 0 Å². The molecular formula is C27H23N5OS2. The van der Waals surface area contributed by atoms with E-state index in [2.05, 4.69) is 49.3 Å². The Morgan fingerprint density at radius 1 is 0.943 bits per heavy atom. The van der Waals surface area contributed by atoms with Gasteiger partial charge in [-0.25, -0.2) is 4.98 Å². The molecule has 35 heavy (non-hydrogen) atoms. The van der Waals surface area contributed by atoms with Crippen LogP contribution in [0, 0.1) is 6.92 Å². The standard InChI is InChI=1S/C27H23N5OS2/c1-19-12-14-21(15-13-19)28-26(33)23-17-34-25(29-23)18-35-27-31-30-24(16-20-8-4-2-5-9-20)32(27)22-10-6-3-7-11-22/h2-15,17H,16,18H2,1H3,(H,28,33). The zero-order chi connectivity index (χ0) is 24.0. The lowest BCUT2D eigenvalue weighted by Gasteiger charge is -2.10. The highest BCUT2D eigenvalue weighted by molar-refractivity contribution is 7.98. The van der Waals surface area contributed by atoms with Crippen LogP contribution in [0.1, 0.15) is 32.4 Å². The first-order valence-electron chi connectivity index (χ1n) is 11.1. The van der Waals surface area contributed by atoms with Crippen molar-refractivity contribution in [3.63, 3.8) is 0 Å². The highest BCUT2D eigenvalue weighted by atomic mass is 32.2. The van der Waals surface area contributed by atoms with E-state index < -0.39 is 0 Å². The number of aromatic nitrogens is 4. The fourth-order valence-corrected chi connectivity index (χ4v) is 5.33. The van der Waals surface area contributed by atoms with E-state index in [1.165, 1.54) is 16.9 Å². The molecule has 174 valence electrons. The molecule has 0 fully saturated rings. The van der Waals surface area contributed by atoms with E-state index in [0.29, 0.717) is 17.9 Å². The number of aryl methyl sites for hydroxylation is 1. The first-order chi connectivity index (χ1) is 17.2. The van der Waals surface area contributed by atoms with Crippen molar-refractivity contribution < 1.29 is 4.79 Å². The number of nitrogens with zero attached hydrogens (tertiary/aromatic N) is 4. The van der Waals surface area contributed by atoms with Crippen molar-refractivity contribution in [1.29, 1.82) is 0 Å². The molecule has 2 aromatic heterocycles. The van der Waals surface area contributed by atoms with Gasteiger partial charge in [0, 0.05) is 23.2 Å². The molecule has 0 saturated heterocycles. The normalized spacial score (nSPS) is 10.9. The minimum Gasteiger partial charge on any atom is -0.321 e. The number of amides is 1. The van der Waals surface area contributed by atoms with E-state index in [1.807, 2.05) is 67.6 Å². The van der Waals surface area contributed by atoms with Gasteiger partial charge >= 0.3 is 0 Å². The predicted octanol–water partition coefficient (Wildman–Crippen LogP) is 6.17. The zero-order valence-corrected chi connectivity index (χ0v) is 20.7. The van der Waals surface area contributed by atoms with Gasteiger partial charge in [0.25, 0.3) is 5.91 Å². The third kappa shape index (κ3) is 5.67. The molecule has 5 rings (SSSR count). The van der Waals surface area contributed by atoms with Gasteiger partial charge in [0.15, 0.2) is 5.16 Å². The van der Waals surface area contributed by atoms with Crippen LogP contribution in [0.3, 0.4) is 0 Å². The second-order valence-electron chi connectivity index (χ2n) is 7.97. The summed E-state index contributed by atoms with van der Waals surface area (Å²) >= 11 is 3.03. The molecule has 0 radical (unpaired) electrons. The maximum atomic E-state index is 12.6. The summed E-state index contributed by atoms with van der Waals surface area (Å²) in [6.45, 7) is 2.01. The Bertz CT molecular complexity index is 1410. The molecular weight excluding hydrogens is 474 g/mol. The second-order valence-corrected chi connectivity index (χ2v) is 9.85. The molecule has 6 nitrogen and oxygen atoms in total. The predicted molar refractivity (Wildman–Crippen MR) is 141 cm³/mol. The van der Waals surface area contributed by atoms with Crippen molar-refractivity contribution in [2.45, 2.75) is 24.3 Å². The zero-order valence-electron chi connectivity index (χ0n) is 19.1. The van der Waals surface area contributed by atoms with Crippen LogP contribution >= 0.6 is 23.1 Å². The fraction of sp³-hybridized carbons (Fsp3) is 0.111. The molecule has 2 heterocycles. The summed E-state index contributed by atoms with van der Waals surface area (Å²) in [6, 6.07) is 28.1. The van der Waals surface area contributed by atoms with Gasteiger partial charge in [-0.2, -0.15) is 0 Å². The Hall–Kier alpha value is -3.75. The topological polar surface area (TPSA) is 72.7 Å². The summed E-state index contributed by atoms with van der Waals surface area (Å²) in [5.41, 5.74) is 4.51. The maximum Gasteiger partial charge on any atom is 0.275 e. The quantitative estimate of drug-likeness (QED) is 0.260. The third-order valence-corrected chi connectivity index (χ3v) is 7.31. The lowest BCUT2D eigenvalue weighted by Crippen LogP contribution is -2.12. The summed E-state index contributed by atoms with van der Waals surface area (Å²) < 4.78 is 2.09. The minimum atomic E-state index is -0.209. The van der Waals surface area contributed by atoms with Gasteiger partial charge in [-0.3, -0.25) is 9.36 Å². The van der Waals surface area contributed by atoms with Crippen molar-refractivity contribution in [3.05, 3.63) is 118 Å². The maximum absolute atomic E-state index is 12.6. The number of thioether (sulfide) groups is 1. The number of carbonyl (C=O) groups excluding carboxylic acids is 1. The highest BCUT2D eigenvalue weighted by Crippen LogP contribution is 2.27. The first-order valence-corrected chi connectivity index (χ1v) is 13.0. The van der Waals surface area contributed by atoms with Gasteiger partial charge < -0.3 is 5.32 Å². The molecule has 1 N–H and O–H groups in total. The fourth-order valence-electron chi connectivity index (χ4n) is 3.56. The number of thiazole rings is 1. The van der Waals surface area contributed by atoms with Gasteiger partial charge in [0.1, 0.15) is 16.5 Å². The van der Waals surface area contributed by atoms with Gasteiger partial charge in [-0.1, -0.05) is 78.0 Å². The molecule has 8 heteroatoms. The van der Waals surface area contributed by atoms with Gasteiger partial charge in [0.05, 0.1) is 5.75 Å². The highest BCUT2D eigenvalue weighted by Gasteiger charge is 2.17. The largest absolute Gasteiger partial charge is 0.321 e. The van der Waals surface area contributed by atoms with E-state index in [4.69, 9.17) is 0 Å². The molecule has 0 bridgehead atoms. The number of rotatable bonds is 8. The Morgan fingerprint density at radius 2 is 1.66 bits per heavy atom. The van der Waals surface area contributed by atoms with Gasteiger partial charge in [-0.15, -0.1) is 21.5 Å². The van der Waals surface area contributed by atoms with E-state index in [1.54, 1.807) is 17.1 Å². The van der Waals surface area contributed by atoms with Crippen LogP contribution in [-0.2, 0) is 12.2 Å². The van der Waals surface area contributed by atoms with Crippen molar-refractivity contribution >= 4 is 34.7 Å². The molecule has 0 unspecified atom stereocenters. The van der Waals surface area contributed by atoms with Crippen molar-refractivity contribution in [1.82, 2.24) is 19.7 Å². The van der Waals surface area contributed by atoms with Crippen LogP contribution in [0.4, 0.5) is 5.69 Å². The van der Waals surface area contributed by atoms with E-state index in [9.17, 15) is 4.79 Å². The van der Waals surface area contributed by atoms with Crippen LogP contribution in [0.15, 0.2) is 95.5 Å². The molecule has 3 aromatic carbocycles. The van der Waals surface area contributed by atoms with E-state index >= 15 is 0 Å². The Balaban J connectivity index is 1.31. The SMILES string of the molecule is Cc1ccc(NC(=O)c2csc(CSc3nnc(Cc4ccccc4)n3-c3ccccc3)n2)cc1. The minimum absolute atomic E-state index is 0.209. The average molecular weight is 498 g/mol. The molecule has 0 spiro atoms. The summed E-state index contributed by atoms with van der Waals surface area (Å²) in [6.07, 6.45) is 0.684. The first kappa shape index (κ1) is 23.0. The molecule has 0 aliphatic rings. The van der Waals surface area contributed by atoms with Crippen LogP contribution in [0.25, 0.3) is 5.69 Å². The summed E-state index contributed by atoms with van der Waals surface area (Å²) in [4.78, 5) is 17.1. The van der Waals surface area contributed by atoms with E-state index in [0.717, 1.165) is 32.9 Å². The van der Waals surface area contributed by atoms with Crippen LogP contribution in [-0.4, -0.2) is 25.7 Å². The molecule has 5 aromatic rings. The molecule has 0 aliphatic carbocycles. The number of benzene rings is 3. The molecule has 0 atom stereocenters. The summed E-state index contributed by atoms with van der Waals surface area (Å²) in [7, 11) is 0. The Morgan fingerprint density at radius 3 is 2.40 bits per heavy atom. The third-order valence-electron chi connectivity index (χ3n) is 5.34. The van der Waals surface area contributed by atoms with Crippen molar-refractivity contribution in [2.75, 3.05) is 5.32 Å². The Labute approximate surface area is 212 Å². The second kappa shape index (κ2) is 10.7. The van der Waals surface area contributed by atoms with Crippen LogP contribution < -0.4 is 5.32 Å². The molecule has 1 amide bonds. The number of hydrogen-bond donors (Lipinski definition) is 1. The number of hydrogen-bond acceptors (Lipinski definition) is 6. The summed E-state index contributed by atoms with van der Waals surface area (Å²) in [5.74, 6) is 1.26. The number of para-hydroxylation sites is 1. The lowest BCUT2D eigenvalue weighted by molar-refractivity contribution is 0.102. The van der Waals surface area contributed by atoms with Crippen molar-refractivity contribution in [2.24, 2.45) is 0 Å². The van der Waals surface area contributed by atoms with Gasteiger partial charge in [-0.05, 0) is 36.8 Å². The average Bonchev–Trinajstić information content (AvgIpc) is 3.52. The van der Waals surface area contributed by atoms with E-state index in [-0.39, 0.29) is 5.91 Å².